The molecule has 2 heterocycles. The molecule has 6 nitrogen and oxygen atoms in total. The van der Waals surface area contributed by atoms with Crippen molar-refractivity contribution >= 4 is 22.9 Å². The fourth-order valence-electron chi connectivity index (χ4n) is 1.63. The molecule has 7 heteroatoms. The first kappa shape index (κ1) is 12.0. The number of hydrogen-bond acceptors (Lipinski definition) is 5. The predicted octanol–water partition coefficient (Wildman–Crippen LogP) is 0.860. The van der Waals surface area contributed by atoms with E-state index in [4.69, 9.17) is 10.3 Å². The van der Waals surface area contributed by atoms with Crippen molar-refractivity contribution in [3.8, 4) is 0 Å². The molecule has 0 atom stereocenters. The van der Waals surface area contributed by atoms with Crippen molar-refractivity contribution in [3.05, 3.63) is 23.2 Å². The summed E-state index contributed by atoms with van der Waals surface area (Å²) in [7, 11) is 0. The first-order chi connectivity index (χ1) is 8.11. The molecule has 0 aliphatic carbocycles. The van der Waals surface area contributed by atoms with E-state index in [0.29, 0.717) is 12.3 Å². The molecule has 0 unspecified atom stereocenters. The number of carbonyl (C=O) groups is 2. The van der Waals surface area contributed by atoms with Gasteiger partial charge < -0.3 is 9.32 Å². The Kier molecular flexibility index (Phi) is 3.39. The summed E-state index contributed by atoms with van der Waals surface area (Å²) in [5.74, 6) is 6.16. The monoisotopic (exact) mass is 255 g/mol. The zero-order chi connectivity index (χ0) is 12.4. The van der Waals surface area contributed by atoms with E-state index in [2.05, 4.69) is 0 Å². The summed E-state index contributed by atoms with van der Waals surface area (Å²) in [4.78, 5) is 24.4. The number of nitrogen functional groups attached to an aromatic ring is 1. The van der Waals surface area contributed by atoms with Gasteiger partial charge in [0.2, 0.25) is 0 Å². The Balaban J connectivity index is 2.13. The lowest BCUT2D eigenvalue weighted by atomic mass is 10.2. The average molecular weight is 255 g/mol. The molecule has 2 amide bonds. The van der Waals surface area contributed by atoms with Crippen LogP contribution in [-0.2, 0) is 6.54 Å². The third kappa shape index (κ3) is 2.45. The van der Waals surface area contributed by atoms with E-state index in [1.54, 1.807) is 17.9 Å². The van der Waals surface area contributed by atoms with E-state index in [1.807, 2.05) is 5.43 Å². The van der Waals surface area contributed by atoms with Crippen LogP contribution in [0.25, 0.3) is 0 Å². The number of hydrogen-bond donors (Lipinski definition) is 2. The molecule has 17 heavy (non-hydrogen) atoms. The molecule has 1 aliphatic heterocycles. The Hall–Kier alpha value is -1.47. The van der Waals surface area contributed by atoms with Gasteiger partial charge in [0.1, 0.15) is 5.76 Å². The maximum absolute atomic E-state index is 11.4. The fourth-order valence-corrected chi connectivity index (χ4v) is 2.46. The summed E-state index contributed by atoms with van der Waals surface area (Å²) < 4.78 is 5.28. The summed E-state index contributed by atoms with van der Waals surface area (Å²) in [5, 5.41) is 0.0652. The number of nitrogens with two attached hydrogens (primary N) is 1. The Morgan fingerprint density at radius 1 is 1.71 bits per heavy atom. The Bertz CT molecular complexity index is 458. The van der Waals surface area contributed by atoms with Crippen LogP contribution in [0.15, 0.2) is 10.5 Å². The van der Waals surface area contributed by atoms with Crippen LogP contribution in [0.1, 0.15) is 21.9 Å². The third-order valence-corrected chi connectivity index (χ3v) is 3.47. The van der Waals surface area contributed by atoms with Crippen molar-refractivity contribution in [1.82, 2.24) is 10.3 Å². The lowest BCUT2D eigenvalue weighted by molar-refractivity contribution is 0.0924. The van der Waals surface area contributed by atoms with Crippen LogP contribution < -0.4 is 11.3 Å². The number of carbonyl (C=O) groups excluding carboxylic acids is 2. The van der Waals surface area contributed by atoms with Crippen molar-refractivity contribution in [2.75, 3.05) is 12.3 Å². The number of thioether (sulfide) groups is 1. The maximum Gasteiger partial charge on any atom is 0.300 e. The van der Waals surface area contributed by atoms with Gasteiger partial charge in [-0.05, 0) is 13.0 Å². The molecule has 0 aromatic carbocycles. The zero-order valence-electron chi connectivity index (χ0n) is 9.36. The first-order valence-electron chi connectivity index (χ1n) is 5.13. The Morgan fingerprint density at radius 3 is 3.06 bits per heavy atom. The molecule has 0 spiro atoms. The summed E-state index contributed by atoms with van der Waals surface area (Å²) in [6.07, 6.45) is 0. The normalized spacial score (nSPS) is 15.4. The largest absolute Gasteiger partial charge is 0.456 e. The van der Waals surface area contributed by atoms with Crippen LogP contribution >= 0.6 is 11.8 Å². The Morgan fingerprint density at radius 2 is 2.47 bits per heavy atom. The summed E-state index contributed by atoms with van der Waals surface area (Å²) in [6.45, 7) is 2.96. The minimum absolute atomic E-state index is 0.0652. The molecule has 0 radical (unpaired) electrons. The number of amides is 2. The highest BCUT2D eigenvalue weighted by Gasteiger charge is 2.23. The second-order valence-corrected chi connectivity index (χ2v) is 4.75. The third-order valence-electron chi connectivity index (χ3n) is 2.58. The van der Waals surface area contributed by atoms with Crippen LogP contribution in [0.5, 0.6) is 0 Å². The number of furan rings is 1. The van der Waals surface area contributed by atoms with Gasteiger partial charge in [0.25, 0.3) is 5.24 Å². The number of nitrogens with zero attached hydrogens (tertiary/aromatic N) is 1. The average Bonchev–Trinajstić information content (AvgIpc) is 2.87. The van der Waals surface area contributed by atoms with E-state index in [1.165, 1.54) is 11.8 Å². The van der Waals surface area contributed by atoms with Gasteiger partial charge in [0.05, 0.1) is 0 Å². The number of aryl methyl sites for hydroxylation is 1. The van der Waals surface area contributed by atoms with Gasteiger partial charge in [-0.3, -0.25) is 15.0 Å². The molecule has 3 N–H and O–H groups in total. The lowest BCUT2D eigenvalue weighted by Gasteiger charge is -2.13. The number of nitrogens with one attached hydrogen (secondary N) is 1. The standard InChI is InChI=1S/C10H13N3O3S/c1-6-7(4-8(16-6)9(14)12-11)5-13-2-3-17-10(13)15/h4H,2-3,5,11H2,1H3,(H,12,14). The van der Waals surface area contributed by atoms with Gasteiger partial charge in [-0.1, -0.05) is 11.8 Å². The van der Waals surface area contributed by atoms with Gasteiger partial charge in [-0.2, -0.15) is 0 Å². The van der Waals surface area contributed by atoms with Crippen LogP contribution in [-0.4, -0.2) is 28.3 Å². The molecule has 1 aliphatic rings. The highest BCUT2D eigenvalue weighted by molar-refractivity contribution is 8.13. The second-order valence-electron chi connectivity index (χ2n) is 3.70. The molecule has 1 aromatic heterocycles. The molecule has 0 bridgehead atoms. The molecule has 1 fully saturated rings. The van der Waals surface area contributed by atoms with Crippen molar-refractivity contribution in [3.63, 3.8) is 0 Å². The van der Waals surface area contributed by atoms with Crippen molar-refractivity contribution in [2.24, 2.45) is 5.84 Å². The number of rotatable bonds is 3. The Labute approximate surface area is 102 Å². The molecular formula is C10H13N3O3S. The second kappa shape index (κ2) is 4.80. The van der Waals surface area contributed by atoms with E-state index >= 15 is 0 Å². The zero-order valence-corrected chi connectivity index (χ0v) is 10.2. The van der Waals surface area contributed by atoms with Gasteiger partial charge in [0.15, 0.2) is 5.76 Å². The van der Waals surface area contributed by atoms with Crippen molar-refractivity contribution < 1.29 is 14.0 Å². The van der Waals surface area contributed by atoms with Crippen LogP contribution in [0.4, 0.5) is 4.79 Å². The lowest BCUT2D eigenvalue weighted by Crippen LogP contribution is -2.29. The van der Waals surface area contributed by atoms with E-state index in [-0.39, 0.29) is 11.0 Å². The molecule has 92 valence electrons. The van der Waals surface area contributed by atoms with Gasteiger partial charge in [-0.25, -0.2) is 5.84 Å². The minimum atomic E-state index is -0.471. The highest BCUT2D eigenvalue weighted by atomic mass is 32.2. The minimum Gasteiger partial charge on any atom is -0.456 e. The molecular weight excluding hydrogens is 242 g/mol. The summed E-state index contributed by atoms with van der Waals surface area (Å²) >= 11 is 1.31. The summed E-state index contributed by atoms with van der Waals surface area (Å²) in [5.41, 5.74) is 2.84. The van der Waals surface area contributed by atoms with Gasteiger partial charge in [-0.15, -0.1) is 0 Å². The van der Waals surface area contributed by atoms with Crippen molar-refractivity contribution in [2.45, 2.75) is 13.5 Å². The summed E-state index contributed by atoms with van der Waals surface area (Å²) in [6, 6.07) is 1.62. The molecule has 1 aromatic rings. The SMILES string of the molecule is Cc1oc(C(=O)NN)cc1CN1CCSC1=O. The smallest absolute Gasteiger partial charge is 0.300 e. The predicted molar refractivity (Wildman–Crippen MR) is 63.4 cm³/mol. The maximum atomic E-state index is 11.4. The van der Waals surface area contributed by atoms with Crippen LogP contribution in [0.2, 0.25) is 0 Å². The number of hydrazine groups is 1. The highest BCUT2D eigenvalue weighted by Crippen LogP contribution is 2.23. The van der Waals surface area contributed by atoms with Crippen molar-refractivity contribution in [1.29, 1.82) is 0 Å². The van der Waals surface area contributed by atoms with Crippen LogP contribution in [0, 0.1) is 6.92 Å². The quantitative estimate of drug-likeness (QED) is 0.475. The van der Waals surface area contributed by atoms with E-state index < -0.39 is 5.91 Å². The molecule has 1 saturated heterocycles. The first-order valence-corrected chi connectivity index (χ1v) is 6.12. The van der Waals surface area contributed by atoms with Crippen LogP contribution in [0.3, 0.4) is 0 Å². The van der Waals surface area contributed by atoms with Gasteiger partial charge >= 0.3 is 5.91 Å². The van der Waals surface area contributed by atoms with E-state index in [9.17, 15) is 9.59 Å². The fraction of sp³-hybridized carbons (Fsp3) is 0.400. The topological polar surface area (TPSA) is 88.6 Å². The van der Waals surface area contributed by atoms with Gasteiger partial charge in [0, 0.05) is 24.4 Å². The molecule has 2 rings (SSSR count). The van der Waals surface area contributed by atoms with E-state index in [0.717, 1.165) is 17.9 Å². The molecule has 0 saturated carbocycles.